The number of ether oxygens (including phenoxy) is 1. The smallest absolute Gasteiger partial charge is 0.315 e. The molecule has 3 N–H and O–H groups in total. The molecule has 1 aliphatic heterocycles. The van der Waals surface area contributed by atoms with Crippen LogP contribution in [0.3, 0.4) is 0 Å². The topological polar surface area (TPSA) is 79.5 Å². The summed E-state index contributed by atoms with van der Waals surface area (Å²) in [6, 6.07) is 0.140. The Bertz CT molecular complexity index is 337. The van der Waals surface area contributed by atoms with Gasteiger partial charge in [-0.05, 0) is 25.7 Å². The van der Waals surface area contributed by atoms with Crippen LogP contribution in [0.2, 0.25) is 0 Å². The summed E-state index contributed by atoms with van der Waals surface area (Å²) in [7, 11) is 0. The molecule has 1 unspecified atom stereocenters. The van der Waals surface area contributed by atoms with Crippen LogP contribution >= 0.6 is 0 Å². The number of urea groups is 1. The highest BCUT2D eigenvalue weighted by atomic mass is 16.5. The molecule has 1 aliphatic carbocycles. The molecule has 6 heteroatoms. The number of hydrogen-bond acceptors (Lipinski definition) is 3. The minimum Gasteiger partial charge on any atom is -0.376 e. The zero-order valence-electron chi connectivity index (χ0n) is 12.7. The summed E-state index contributed by atoms with van der Waals surface area (Å²) in [6.45, 7) is 1.74. The summed E-state index contributed by atoms with van der Waals surface area (Å²) < 4.78 is 5.44. The molecule has 6 nitrogen and oxygen atoms in total. The maximum atomic E-state index is 11.7. The first kappa shape index (κ1) is 16.1. The molecule has 0 spiro atoms. The third-order valence-electron chi connectivity index (χ3n) is 4.13. The molecule has 21 heavy (non-hydrogen) atoms. The molecular formula is C15H27N3O3. The van der Waals surface area contributed by atoms with E-state index in [4.69, 9.17) is 4.74 Å². The number of rotatable bonds is 6. The van der Waals surface area contributed by atoms with E-state index in [0.717, 1.165) is 32.3 Å². The van der Waals surface area contributed by atoms with Crippen LogP contribution in [0.4, 0.5) is 4.79 Å². The first-order chi connectivity index (χ1) is 10.2. The van der Waals surface area contributed by atoms with E-state index in [1.165, 1.54) is 19.3 Å². The van der Waals surface area contributed by atoms with Crippen LogP contribution in [0, 0.1) is 0 Å². The third-order valence-corrected chi connectivity index (χ3v) is 4.13. The van der Waals surface area contributed by atoms with Crippen LogP contribution in [-0.4, -0.2) is 43.8 Å². The van der Waals surface area contributed by atoms with Gasteiger partial charge in [0, 0.05) is 32.2 Å². The molecule has 2 aliphatic rings. The average Bonchev–Trinajstić information content (AvgIpc) is 2.99. The summed E-state index contributed by atoms with van der Waals surface area (Å²) in [5.41, 5.74) is 0. The fourth-order valence-corrected chi connectivity index (χ4v) is 2.89. The molecule has 0 radical (unpaired) electrons. The van der Waals surface area contributed by atoms with Crippen LogP contribution in [0.5, 0.6) is 0 Å². The van der Waals surface area contributed by atoms with E-state index in [1.54, 1.807) is 0 Å². The molecule has 1 heterocycles. The van der Waals surface area contributed by atoms with Crippen molar-refractivity contribution in [3.63, 3.8) is 0 Å². The van der Waals surface area contributed by atoms with Gasteiger partial charge in [-0.25, -0.2) is 4.79 Å². The highest BCUT2D eigenvalue weighted by Gasteiger charge is 2.17. The van der Waals surface area contributed by atoms with Crippen molar-refractivity contribution in [1.82, 2.24) is 16.0 Å². The Labute approximate surface area is 126 Å². The van der Waals surface area contributed by atoms with E-state index in [1.807, 2.05) is 0 Å². The Balaban J connectivity index is 1.49. The summed E-state index contributed by atoms with van der Waals surface area (Å²) in [6.07, 6.45) is 8.34. The van der Waals surface area contributed by atoms with E-state index >= 15 is 0 Å². The minimum absolute atomic E-state index is 0.0385. The average molecular weight is 297 g/mol. The van der Waals surface area contributed by atoms with Crippen LogP contribution in [0.1, 0.15) is 51.4 Å². The zero-order valence-corrected chi connectivity index (χ0v) is 12.7. The maximum Gasteiger partial charge on any atom is 0.315 e. The summed E-state index contributed by atoms with van der Waals surface area (Å²) >= 11 is 0. The normalized spacial score (nSPS) is 22.8. The monoisotopic (exact) mass is 297 g/mol. The van der Waals surface area contributed by atoms with E-state index in [0.29, 0.717) is 25.6 Å². The lowest BCUT2D eigenvalue weighted by Gasteiger charge is -2.22. The second kappa shape index (κ2) is 8.87. The molecule has 0 bridgehead atoms. The molecule has 1 saturated heterocycles. The lowest BCUT2D eigenvalue weighted by Crippen LogP contribution is -2.44. The lowest BCUT2D eigenvalue weighted by atomic mass is 9.96. The van der Waals surface area contributed by atoms with Crippen molar-refractivity contribution in [3.05, 3.63) is 0 Å². The van der Waals surface area contributed by atoms with Gasteiger partial charge in [0.15, 0.2) is 0 Å². The number of hydrogen-bond donors (Lipinski definition) is 3. The Morgan fingerprint density at radius 2 is 1.81 bits per heavy atom. The van der Waals surface area contributed by atoms with Crippen LogP contribution in [0.25, 0.3) is 0 Å². The quantitative estimate of drug-likeness (QED) is 0.691. The number of carbonyl (C=O) groups excluding carboxylic acids is 2. The summed E-state index contributed by atoms with van der Waals surface area (Å²) in [4.78, 5) is 23.3. The first-order valence-electron chi connectivity index (χ1n) is 8.16. The molecule has 0 aromatic rings. The van der Waals surface area contributed by atoms with Crippen molar-refractivity contribution in [1.29, 1.82) is 0 Å². The van der Waals surface area contributed by atoms with Crippen molar-refractivity contribution in [3.8, 4) is 0 Å². The number of carbonyl (C=O) groups is 2. The van der Waals surface area contributed by atoms with Gasteiger partial charge in [0.25, 0.3) is 0 Å². The van der Waals surface area contributed by atoms with E-state index in [9.17, 15) is 9.59 Å². The van der Waals surface area contributed by atoms with Gasteiger partial charge in [-0.1, -0.05) is 19.3 Å². The molecule has 2 fully saturated rings. The van der Waals surface area contributed by atoms with Crippen LogP contribution < -0.4 is 16.0 Å². The van der Waals surface area contributed by atoms with Crippen molar-refractivity contribution in [2.24, 2.45) is 0 Å². The van der Waals surface area contributed by atoms with Gasteiger partial charge in [0.1, 0.15) is 0 Å². The Morgan fingerprint density at radius 3 is 2.52 bits per heavy atom. The largest absolute Gasteiger partial charge is 0.376 e. The summed E-state index contributed by atoms with van der Waals surface area (Å²) in [5, 5.41) is 8.56. The zero-order chi connectivity index (χ0) is 14.9. The van der Waals surface area contributed by atoms with Gasteiger partial charge in [0.05, 0.1) is 6.10 Å². The van der Waals surface area contributed by atoms with Crippen molar-refractivity contribution in [2.75, 3.05) is 19.7 Å². The highest BCUT2D eigenvalue weighted by molar-refractivity contribution is 5.78. The van der Waals surface area contributed by atoms with E-state index in [-0.39, 0.29) is 18.0 Å². The first-order valence-corrected chi connectivity index (χ1v) is 8.16. The highest BCUT2D eigenvalue weighted by Crippen LogP contribution is 2.17. The Morgan fingerprint density at radius 1 is 1.00 bits per heavy atom. The Kier molecular flexibility index (Phi) is 6.79. The molecular weight excluding hydrogens is 270 g/mol. The minimum atomic E-state index is -0.158. The molecule has 1 saturated carbocycles. The fourth-order valence-electron chi connectivity index (χ4n) is 2.89. The molecule has 0 aromatic heterocycles. The van der Waals surface area contributed by atoms with Gasteiger partial charge in [-0.2, -0.15) is 0 Å². The molecule has 3 amide bonds. The van der Waals surface area contributed by atoms with Crippen LogP contribution in [0.15, 0.2) is 0 Å². The molecule has 1 atom stereocenters. The van der Waals surface area contributed by atoms with Crippen LogP contribution in [-0.2, 0) is 9.53 Å². The molecule has 2 rings (SSSR count). The predicted molar refractivity (Wildman–Crippen MR) is 80.0 cm³/mol. The van der Waals surface area contributed by atoms with Crippen molar-refractivity contribution < 1.29 is 14.3 Å². The standard InChI is InChI=1S/C15H27N3O3/c19-14(17-11-13-7-4-10-21-13)8-9-16-15(20)18-12-5-2-1-3-6-12/h12-13H,1-11H2,(H,17,19)(H2,16,18,20). The van der Waals surface area contributed by atoms with Gasteiger partial charge in [0.2, 0.25) is 5.91 Å². The maximum absolute atomic E-state index is 11.7. The summed E-state index contributed by atoms with van der Waals surface area (Å²) in [5.74, 6) is -0.0385. The predicted octanol–water partition coefficient (Wildman–Crippen LogP) is 1.30. The van der Waals surface area contributed by atoms with E-state index in [2.05, 4.69) is 16.0 Å². The van der Waals surface area contributed by atoms with Gasteiger partial charge in [-0.15, -0.1) is 0 Å². The van der Waals surface area contributed by atoms with Gasteiger partial charge in [-0.3, -0.25) is 4.79 Å². The molecule has 120 valence electrons. The third kappa shape index (κ3) is 6.33. The fraction of sp³-hybridized carbons (Fsp3) is 0.867. The Hall–Kier alpha value is -1.30. The SMILES string of the molecule is O=C(CCNC(=O)NC1CCCCC1)NCC1CCCO1. The number of nitrogens with one attached hydrogen (secondary N) is 3. The van der Waals surface area contributed by atoms with E-state index < -0.39 is 0 Å². The van der Waals surface area contributed by atoms with Crippen molar-refractivity contribution >= 4 is 11.9 Å². The second-order valence-electron chi connectivity index (χ2n) is 5.92. The molecule has 0 aromatic carbocycles. The van der Waals surface area contributed by atoms with Gasteiger partial charge >= 0.3 is 6.03 Å². The van der Waals surface area contributed by atoms with Crippen molar-refractivity contribution in [2.45, 2.75) is 63.5 Å². The lowest BCUT2D eigenvalue weighted by molar-refractivity contribution is -0.121. The second-order valence-corrected chi connectivity index (χ2v) is 5.92. The number of amides is 3. The van der Waals surface area contributed by atoms with Gasteiger partial charge < -0.3 is 20.7 Å².